The maximum atomic E-state index is 5.50. The second-order valence-corrected chi connectivity index (χ2v) is 4.92. The van der Waals surface area contributed by atoms with Crippen molar-refractivity contribution in [3.05, 3.63) is 59.2 Å². The fraction of sp³-hybridized carbons (Fsp3) is 0.294. The molecule has 2 aromatic rings. The molecule has 2 aromatic carbocycles. The molecule has 1 aliphatic heterocycles. The lowest BCUT2D eigenvalue weighted by Crippen LogP contribution is -2.13. The van der Waals surface area contributed by atoms with Gasteiger partial charge in [-0.2, -0.15) is 0 Å². The van der Waals surface area contributed by atoms with Crippen LogP contribution in [0.3, 0.4) is 0 Å². The molecule has 0 aromatic heterocycles. The minimum absolute atomic E-state index is 0.324. The van der Waals surface area contributed by atoms with Crippen molar-refractivity contribution in [1.82, 2.24) is 5.32 Å². The molecule has 0 saturated carbocycles. The van der Waals surface area contributed by atoms with E-state index in [1.54, 1.807) is 0 Å². The van der Waals surface area contributed by atoms with Crippen LogP contribution in [0.2, 0.25) is 0 Å². The Morgan fingerprint density at radius 2 is 1.75 bits per heavy atom. The van der Waals surface area contributed by atoms with E-state index in [0.29, 0.717) is 6.79 Å². The predicted molar refractivity (Wildman–Crippen MR) is 78.9 cm³/mol. The number of ether oxygens (including phenoxy) is 2. The molecular formula is C17H19NO2. The van der Waals surface area contributed by atoms with Crippen LogP contribution >= 0.6 is 0 Å². The van der Waals surface area contributed by atoms with E-state index in [4.69, 9.17) is 9.47 Å². The second-order valence-electron chi connectivity index (χ2n) is 4.92. The van der Waals surface area contributed by atoms with E-state index in [1.165, 1.54) is 11.1 Å². The Balaban J connectivity index is 1.58. The molecule has 0 saturated heterocycles. The monoisotopic (exact) mass is 269 g/mol. The van der Waals surface area contributed by atoms with Crippen molar-refractivity contribution in [3.63, 3.8) is 0 Å². The van der Waals surface area contributed by atoms with Crippen LogP contribution in [-0.4, -0.2) is 6.79 Å². The van der Waals surface area contributed by atoms with Crippen LogP contribution in [0.25, 0.3) is 0 Å². The number of benzene rings is 2. The number of para-hydroxylation sites is 1. The summed E-state index contributed by atoms with van der Waals surface area (Å²) in [6, 6.07) is 14.8. The number of rotatable bonds is 5. The van der Waals surface area contributed by atoms with E-state index < -0.39 is 0 Å². The topological polar surface area (TPSA) is 30.5 Å². The molecule has 1 N–H and O–H groups in total. The van der Waals surface area contributed by atoms with E-state index in [-0.39, 0.29) is 0 Å². The lowest BCUT2D eigenvalue weighted by atomic mass is 10.1. The van der Waals surface area contributed by atoms with Crippen molar-refractivity contribution in [2.45, 2.75) is 26.4 Å². The quantitative estimate of drug-likeness (QED) is 0.903. The van der Waals surface area contributed by atoms with Gasteiger partial charge in [-0.3, -0.25) is 0 Å². The first-order chi connectivity index (χ1) is 9.86. The Labute approximate surface area is 119 Å². The lowest BCUT2D eigenvalue weighted by Gasteiger charge is -2.08. The third-order valence-corrected chi connectivity index (χ3v) is 3.55. The minimum atomic E-state index is 0.324. The zero-order chi connectivity index (χ0) is 13.8. The Morgan fingerprint density at radius 1 is 0.950 bits per heavy atom. The summed E-state index contributed by atoms with van der Waals surface area (Å²) < 4.78 is 10.9. The first-order valence-electron chi connectivity index (χ1n) is 7.03. The summed E-state index contributed by atoms with van der Waals surface area (Å²) in [4.78, 5) is 0. The summed E-state index contributed by atoms with van der Waals surface area (Å²) in [7, 11) is 0. The molecule has 0 fully saturated rings. The van der Waals surface area contributed by atoms with Gasteiger partial charge in [0, 0.05) is 18.7 Å². The van der Waals surface area contributed by atoms with Gasteiger partial charge in [-0.15, -0.1) is 0 Å². The highest BCUT2D eigenvalue weighted by Crippen LogP contribution is 2.35. The van der Waals surface area contributed by atoms with Gasteiger partial charge in [0.1, 0.15) is 0 Å². The van der Waals surface area contributed by atoms with Gasteiger partial charge in [-0.05, 0) is 23.6 Å². The van der Waals surface area contributed by atoms with E-state index in [2.05, 4.69) is 42.6 Å². The molecule has 1 aliphatic rings. The summed E-state index contributed by atoms with van der Waals surface area (Å²) in [6.07, 6.45) is 1.08. The molecule has 3 nitrogen and oxygen atoms in total. The first-order valence-corrected chi connectivity index (χ1v) is 7.03. The fourth-order valence-corrected chi connectivity index (χ4v) is 2.36. The van der Waals surface area contributed by atoms with Crippen molar-refractivity contribution in [2.75, 3.05) is 6.79 Å². The zero-order valence-electron chi connectivity index (χ0n) is 11.7. The molecule has 0 amide bonds. The summed E-state index contributed by atoms with van der Waals surface area (Å²) in [6.45, 7) is 4.13. The van der Waals surface area contributed by atoms with Crippen LogP contribution in [-0.2, 0) is 19.5 Å². The third-order valence-electron chi connectivity index (χ3n) is 3.55. The molecule has 104 valence electrons. The van der Waals surface area contributed by atoms with Gasteiger partial charge in [0.2, 0.25) is 6.79 Å². The molecule has 0 spiro atoms. The van der Waals surface area contributed by atoms with Crippen molar-refractivity contribution >= 4 is 0 Å². The minimum Gasteiger partial charge on any atom is -0.454 e. The summed E-state index contributed by atoms with van der Waals surface area (Å²) in [5.74, 6) is 1.72. The van der Waals surface area contributed by atoms with E-state index in [9.17, 15) is 0 Å². The van der Waals surface area contributed by atoms with Crippen molar-refractivity contribution in [2.24, 2.45) is 0 Å². The van der Waals surface area contributed by atoms with Crippen molar-refractivity contribution < 1.29 is 9.47 Å². The van der Waals surface area contributed by atoms with Gasteiger partial charge < -0.3 is 14.8 Å². The number of nitrogens with one attached hydrogen (secondary N) is 1. The van der Waals surface area contributed by atoms with E-state index in [1.807, 2.05) is 12.1 Å². The third kappa shape index (κ3) is 2.78. The van der Waals surface area contributed by atoms with Crippen LogP contribution in [0.1, 0.15) is 23.6 Å². The molecule has 0 atom stereocenters. The first kappa shape index (κ1) is 13.0. The van der Waals surface area contributed by atoms with Crippen LogP contribution in [0.5, 0.6) is 11.5 Å². The largest absolute Gasteiger partial charge is 0.454 e. The Bertz CT molecular complexity index is 578. The van der Waals surface area contributed by atoms with Crippen LogP contribution < -0.4 is 14.8 Å². The Hall–Kier alpha value is -2.00. The van der Waals surface area contributed by atoms with Crippen LogP contribution in [0.15, 0.2) is 42.5 Å². The normalized spacial score (nSPS) is 12.7. The number of hydrogen-bond donors (Lipinski definition) is 1. The van der Waals surface area contributed by atoms with Gasteiger partial charge in [0.05, 0.1) is 0 Å². The zero-order valence-corrected chi connectivity index (χ0v) is 11.7. The Kier molecular flexibility index (Phi) is 3.88. The molecular weight excluding hydrogens is 250 g/mol. The standard InChI is InChI=1S/C17H19NO2/c1-2-13-6-8-14(9-7-13)10-18-11-15-4-3-5-16-17(15)20-12-19-16/h3-9,18H,2,10-12H2,1H3. The Morgan fingerprint density at radius 3 is 2.55 bits per heavy atom. The van der Waals surface area contributed by atoms with E-state index in [0.717, 1.165) is 36.6 Å². The molecule has 3 heteroatoms. The smallest absolute Gasteiger partial charge is 0.231 e. The predicted octanol–water partition coefficient (Wildman–Crippen LogP) is 3.27. The average molecular weight is 269 g/mol. The molecule has 1 heterocycles. The SMILES string of the molecule is CCc1ccc(CNCc2cccc3c2OCO3)cc1. The molecule has 0 unspecified atom stereocenters. The molecule has 0 bridgehead atoms. The number of aryl methyl sites for hydroxylation is 1. The highest BCUT2D eigenvalue weighted by Gasteiger charge is 2.16. The molecule has 0 aliphatic carbocycles. The molecule has 0 radical (unpaired) electrons. The highest BCUT2D eigenvalue weighted by molar-refractivity contribution is 5.48. The van der Waals surface area contributed by atoms with Gasteiger partial charge in [-0.1, -0.05) is 43.3 Å². The van der Waals surface area contributed by atoms with Gasteiger partial charge in [0.15, 0.2) is 11.5 Å². The maximum absolute atomic E-state index is 5.50. The second kappa shape index (κ2) is 5.97. The van der Waals surface area contributed by atoms with Gasteiger partial charge in [-0.25, -0.2) is 0 Å². The summed E-state index contributed by atoms with van der Waals surface area (Å²) >= 11 is 0. The van der Waals surface area contributed by atoms with Crippen LogP contribution in [0.4, 0.5) is 0 Å². The maximum Gasteiger partial charge on any atom is 0.231 e. The van der Waals surface area contributed by atoms with Crippen molar-refractivity contribution in [3.8, 4) is 11.5 Å². The molecule has 20 heavy (non-hydrogen) atoms. The van der Waals surface area contributed by atoms with E-state index >= 15 is 0 Å². The fourth-order valence-electron chi connectivity index (χ4n) is 2.36. The highest BCUT2D eigenvalue weighted by atomic mass is 16.7. The van der Waals surface area contributed by atoms with Crippen LogP contribution in [0, 0.1) is 0 Å². The van der Waals surface area contributed by atoms with Crippen molar-refractivity contribution in [1.29, 1.82) is 0 Å². The average Bonchev–Trinajstić information content (AvgIpc) is 2.97. The lowest BCUT2D eigenvalue weighted by molar-refractivity contribution is 0.173. The molecule has 3 rings (SSSR count). The number of hydrogen-bond acceptors (Lipinski definition) is 3. The van der Waals surface area contributed by atoms with Gasteiger partial charge in [0.25, 0.3) is 0 Å². The number of fused-ring (bicyclic) bond motifs is 1. The van der Waals surface area contributed by atoms with Gasteiger partial charge >= 0.3 is 0 Å². The summed E-state index contributed by atoms with van der Waals surface area (Å²) in [5.41, 5.74) is 3.82. The summed E-state index contributed by atoms with van der Waals surface area (Å²) in [5, 5.41) is 3.45.